The first kappa shape index (κ1) is 18.5. The second-order valence-electron chi connectivity index (χ2n) is 7.30. The van der Waals surface area contributed by atoms with Gasteiger partial charge in [-0.15, -0.1) is 0 Å². The maximum absolute atomic E-state index is 5.75. The van der Waals surface area contributed by atoms with E-state index in [-0.39, 0.29) is 18.8 Å². The van der Waals surface area contributed by atoms with Crippen molar-refractivity contribution in [3.8, 4) is 23.0 Å². The molecule has 4 rings (SSSR count). The van der Waals surface area contributed by atoms with Gasteiger partial charge in [-0.25, -0.2) is 0 Å². The fourth-order valence-corrected chi connectivity index (χ4v) is 4.31. The normalized spacial score (nSPS) is 20.0. The molecule has 2 aromatic carbocycles. The molecule has 2 atom stereocenters. The predicted molar refractivity (Wildman–Crippen MR) is 106 cm³/mol. The molecule has 2 aromatic rings. The van der Waals surface area contributed by atoms with Gasteiger partial charge in [0.1, 0.15) is 6.10 Å². The molecule has 0 saturated heterocycles. The van der Waals surface area contributed by atoms with Crippen molar-refractivity contribution in [2.24, 2.45) is 5.16 Å². The van der Waals surface area contributed by atoms with Gasteiger partial charge in [0.05, 0.1) is 25.8 Å². The molecule has 0 bridgehead atoms. The molecule has 0 fully saturated rings. The third-order valence-corrected chi connectivity index (χ3v) is 5.36. The van der Waals surface area contributed by atoms with Gasteiger partial charge >= 0.3 is 0 Å². The highest BCUT2D eigenvalue weighted by atomic mass is 16.7. The lowest BCUT2D eigenvalue weighted by atomic mass is 9.82. The molecule has 0 saturated carbocycles. The summed E-state index contributed by atoms with van der Waals surface area (Å²) in [6.45, 7) is 8.48. The van der Waals surface area contributed by atoms with E-state index in [2.05, 4.69) is 38.1 Å². The Morgan fingerprint density at radius 3 is 2.29 bits per heavy atom. The van der Waals surface area contributed by atoms with E-state index in [1.807, 2.05) is 13.0 Å². The van der Waals surface area contributed by atoms with Crippen molar-refractivity contribution < 1.29 is 23.8 Å². The molecule has 6 heteroatoms. The van der Waals surface area contributed by atoms with Crippen molar-refractivity contribution in [3.63, 3.8) is 0 Å². The Hall–Kier alpha value is -2.89. The quantitative estimate of drug-likeness (QED) is 0.789. The van der Waals surface area contributed by atoms with E-state index in [0.717, 1.165) is 16.8 Å². The minimum absolute atomic E-state index is 0.126. The van der Waals surface area contributed by atoms with E-state index in [4.69, 9.17) is 23.8 Å². The monoisotopic (exact) mass is 383 g/mol. The number of methoxy groups -OCH3 is 2. The molecule has 0 aliphatic carbocycles. The first-order chi connectivity index (χ1) is 13.5. The van der Waals surface area contributed by atoms with Crippen LogP contribution in [0.2, 0.25) is 0 Å². The van der Waals surface area contributed by atoms with Gasteiger partial charge < -0.3 is 23.8 Å². The zero-order valence-corrected chi connectivity index (χ0v) is 17.1. The molecular weight excluding hydrogens is 358 g/mol. The van der Waals surface area contributed by atoms with Crippen LogP contribution in [0.1, 0.15) is 40.7 Å². The minimum Gasteiger partial charge on any atom is -0.492 e. The minimum atomic E-state index is -0.158. The molecule has 2 aliphatic rings. The third-order valence-electron chi connectivity index (χ3n) is 5.36. The highest BCUT2D eigenvalue weighted by Gasteiger charge is 2.39. The average molecular weight is 383 g/mol. The van der Waals surface area contributed by atoms with Gasteiger partial charge in [0.2, 0.25) is 18.3 Å². The smallest absolute Gasteiger partial charge is 0.231 e. The van der Waals surface area contributed by atoms with Gasteiger partial charge in [-0.1, -0.05) is 22.9 Å². The summed E-state index contributed by atoms with van der Waals surface area (Å²) in [6, 6.07) is 6.29. The van der Waals surface area contributed by atoms with E-state index in [9.17, 15) is 0 Å². The molecule has 0 N–H and O–H groups in total. The summed E-state index contributed by atoms with van der Waals surface area (Å²) in [6.07, 6.45) is -0.158. The van der Waals surface area contributed by atoms with Crippen molar-refractivity contribution in [2.75, 3.05) is 21.0 Å². The van der Waals surface area contributed by atoms with E-state index in [0.29, 0.717) is 23.0 Å². The molecular formula is C22H25NO5. The fraction of sp³-hybridized carbons (Fsp3) is 0.409. The Morgan fingerprint density at radius 2 is 1.64 bits per heavy atom. The highest BCUT2D eigenvalue weighted by molar-refractivity contribution is 6.08. The van der Waals surface area contributed by atoms with Crippen molar-refractivity contribution in [1.29, 1.82) is 0 Å². The Labute approximate surface area is 165 Å². The molecule has 0 aromatic heterocycles. The van der Waals surface area contributed by atoms with Gasteiger partial charge in [0.15, 0.2) is 11.5 Å². The number of benzene rings is 2. The number of rotatable bonds is 4. The lowest BCUT2D eigenvalue weighted by Crippen LogP contribution is -2.22. The SMILES string of the molecule is COc1c([C@H]2C(c3c(C)cc(C)cc3C)=NO[C@H]2C)cc2c(c1OC)OCO2. The van der Waals surface area contributed by atoms with Crippen molar-refractivity contribution in [1.82, 2.24) is 0 Å². The Bertz CT molecular complexity index is 943. The van der Waals surface area contributed by atoms with Crippen molar-refractivity contribution in [2.45, 2.75) is 39.7 Å². The summed E-state index contributed by atoms with van der Waals surface area (Å²) >= 11 is 0. The second kappa shape index (κ2) is 6.93. The van der Waals surface area contributed by atoms with Crippen LogP contribution >= 0.6 is 0 Å². The van der Waals surface area contributed by atoms with Crippen LogP contribution in [0.5, 0.6) is 23.0 Å². The van der Waals surface area contributed by atoms with Gasteiger partial charge in [-0.3, -0.25) is 0 Å². The van der Waals surface area contributed by atoms with Crippen LogP contribution in [0, 0.1) is 20.8 Å². The van der Waals surface area contributed by atoms with Gasteiger partial charge in [-0.2, -0.15) is 0 Å². The van der Waals surface area contributed by atoms with Crippen LogP contribution in [0.3, 0.4) is 0 Å². The molecule has 0 amide bonds. The van der Waals surface area contributed by atoms with Gasteiger partial charge in [0.25, 0.3) is 0 Å². The number of fused-ring (bicyclic) bond motifs is 1. The predicted octanol–water partition coefficient (Wildman–Crippen LogP) is 4.26. The third kappa shape index (κ3) is 2.75. The van der Waals surface area contributed by atoms with E-state index in [1.54, 1.807) is 14.2 Å². The standard InChI is InChI=1S/C22H25NO5/c1-11-7-12(2)17(13(3)8-11)19-18(14(4)28-23-19)15-9-16-21(27-10-26-16)22(25-6)20(15)24-5/h7-9,14,18H,10H2,1-6H3/t14-,18-/m0/s1. The van der Waals surface area contributed by atoms with E-state index >= 15 is 0 Å². The summed E-state index contributed by atoms with van der Waals surface area (Å²) in [5, 5.41) is 4.47. The van der Waals surface area contributed by atoms with Gasteiger partial charge in [-0.05, 0) is 44.9 Å². The molecule has 28 heavy (non-hydrogen) atoms. The lowest BCUT2D eigenvalue weighted by Gasteiger charge is -2.22. The first-order valence-corrected chi connectivity index (χ1v) is 9.32. The Kier molecular flexibility index (Phi) is 4.57. The van der Waals surface area contributed by atoms with Crippen LogP contribution in [0.4, 0.5) is 0 Å². The maximum atomic E-state index is 5.75. The van der Waals surface area contributed by atoms with Crippen LogP contribution < -0.4 is 18.9 Å². The molecule has 6 nitrogen and oxygen atoms in total. The number of aryl methyl sites for hydroxylation is 3. The number of hydrogen-bond donors (Lipinski definition) is 0. The number of nitrogens with zero attached hydrogens (tertiary/aromatic N) is 1. The largest absolute Gasteiger partial charge is 0.492 e. The molecule has 2 heterocycles. The lowest BCUT2D eigenvalue weighted by molar-refractivity contribution is 0.0899. The molecule has 0 spiro atoms. The zero-order valence-electron chi connectivity index (χ0n) is 17.1. The van der Waals surface area contributed by atoms with Crippen molar-refractivity contribution in [3.05, 3.63) is 46.0 Å². The fourth-order valence-electron chi connectivity index (χ4n) is 4.31. The van der Waals surface area contributed by atoms with Crippen LogP contribution in [0.15, 0.2) is 23.4 Å². The maximum Gasteiger partial charge on any atom is 0.231 e. The van der Waals surface area contributed by atoms with E-state index in [1.165, 1.54) is 16.7 Å². The van der Waals surface area contributed by atoms with Crippen LogP contribution in [-0.4, -0.2) is 32.8 Å². The molecule has 148 valence electrons. The number of ether oxygens (including phenoxy) is 4. The molecule has 2 aliphatic heterocycles. The summed E-state index contributed by atoms with van der Waals surface area (Å²) in [4.78, 5) is 5.74. The average Bonchev–Trinajstić information content (AvgIpc) is 3.25. The topological polar surface area (TPSA) is 58.5 Å². The summed E-state index contributed by atoms with van der Waals surface area (Å²) < 4.78 is 22.6. The summed E-state index contributed by atoms with van der Waals surface area (Å²) in [7, 11) is 3.23. The van der Waals surface area contributed by atoms with Crippen molar-refractivity contribution >= 4 is 5.71 Å². The number of hydrogen-bond acceptors (Lipinski definition) is 6. The number of oxime groups is 1. The van der Waals surface area contributed by atoms with Gasteiger partial charge in [0, 0.05) is 11.1 Å². The van der Waals surface area contributed by atoms with Crippen LogP contribution in [0.25, 0.3) is 0 Å². The zero-order chi connectivity index (χ0) is 20.0. The first-order valence-electron chi connectivity index (χ1n) is 9.32. The van der Waals surface area contributed by atoms with E-state index < -0.39 is 0 Å². The molecule has 0 unspecified atom stereocenters. The Morgan fingerprint density at radius 1 is 0.964 bits per heavy atom. The second-order valence-corrected chi connectivity index (χ2v) is 7.30. The Balaban J connectivity index is 1.90. The summed E-state index contributed by atoms with van der Waals surface area (Å²) in [5.74, 6) is 2.23. The highest BCUT2D eigenvalue weighted by Crippen LogP contribution is 2.52. The molecule has 0 radical (unpaired) electrons. The van der Waals surface area contributed by atoms with Crippen LogP contribution in [-0.2, 0) is 4.84 Å². The summed E-state index contributed by atoms with van der Waals surface area (Å²) in [5.41, 5.74) is 6.48.